The lowest BCUT2D eigenvalue weighted by molar-refractivity contribution is 0.0994. The summed E-state index contributed by atoms with van der Waals surface area (Å²) in [5.41, 5.74) is 10.4. The van der Waals surface area contributed by atoms with E-state index in [1.807, 2.05) is 0 Å². The normalized spacial score (nSPS) is 10.2. The summed E-state index contributed by atoms with van der Waals surface area (Å²) in [5, 5.41) is 0. The summed E-state index contributed by atoms with van der Waals surface area (Å²) in [6.07, 6.45) is 0. The van der Waals surface area contributed by atoms with Crippen molar-refractivity contribution in [2.24, 2.45) is 11.5 Å². The fraction of sp³-hybridized carbons (Fsp3) is 0.0667. The molecule has 0 radical (unpaired) electrons. The van der Waals surface area contributed by atoms with Crippen LogP contribution in [-0.4, -0.2) is 18.9 Å². The van der Waals surface area contributed by atoms with Gasteiger partial charge in [-0.2, -0.15) is 0 Å². The number of ether oxygens (including phenoxy) is 1. The van der Waals surface area contributed by atoms with E-state index in [9.17, 15) is 14.0 Å². The summed E-state index contributed by atoms with van der Waals surface area (Å²) >= 11 is 0. The van der Waals surface area contributed by atoms with Gasteiger partial charge in [-0.15, -0.1) is 0 Å². The molecular weight excluding hydrogens is 275 g/mol. The van der Waals surface area contributed by atoms with E-state index in [0.717, 1.165) is 0 Å². The van der Waals surface area contributed by atoms with Crippen LogP contribution in [0.1, 0.15) is 20.7 Å². The van der Waals surface area contributed by atoms with Gasteiger partial charge in [0.15, 0.2) is 0 Å². The zero-order valence-corrected chi connectivity index (χ0v) is 11.2. The Morgan fingerprint density at radius 1 is 1.00 bits per heavy atom. The predicted octanol–water partition coefficient (Wildman–Crippen LogP) is 1.70. The molecule has 0 saturated heterocycles. The molecule has 0 atom stereocenters. The molecule has 0 unspecified atom stereocenters. The van der Waals surface area contributed by atoms with Crippen LogP contribution in [-0.2, 0) is 0 Å². The molecule has 108 valence electrons. The smallest absolute Gasteiger partial charge is 0.252 e. The number of rotatable bonds is 4. The van der Waals surface area contributed by atoms with E-state index < -0.39 is 17.6 Å². The Kier molecular flexibility index (Phi) is 3.89. The first kappa shape index (κ1) is 14.5. The first-order chi connectivity index (χ1) is 9.95. The average Bonchev–Trinajstić information content (AvgIpc) is 2.46. The lowest BCUT2D eigenvalue weighted by atomic mass is 9.96. The van der Waals surface area contributed by atoms with Gasteiger partial charge in [0, 0.05) is 0 Å². The van der Waals surface area contributed by atoms with E-state index in [1.54, 1.807) is 24.3 Å². The van der Waals surface area contributed by atoms with Crippen LogP contribution < -0.4 is 16.2 Å². The maximum absolute atomic E-state index is 14.2. The van der Waals surface area contributed by atoms with Gasteiger partial charge in [0.05, 0.1) is 18.2 Å². The summed E-state index contributed by atoms with van der Waals surface area (Å²) in [7, 11) is 1.52. The third-order valence-corrected chi connectivity index (χ3v) is 3.05. The number of halogens is 1. The van der Waals surface area contributed by atoms with Crippen molar-refractivity contribution < 1.29 is 18.7 Å². The number of benzene rings is 2. The largest absolute Gasteiger partial charge is 0.497 e. The third kappa shape index (κ3) is 2.69. The highest BCUT2D eigenvalue weighted by atomic mass is 19.1. The van der Waals surface area contributed by atoms with Crippen molar-refractivity contribution in [3.05, 3.63) is 53.3 Å². The maximum Gasteiger partial charge on any atom is 0.252 e. The SMILES string of the molecule is COc1ccc(-c2ccc(C(N)=O)c(F)c2C(N)=O)cc1. The Balaban J connectivity index is 2.65. The maximum atomic E-state index is 14.2. The molecule has 2 amide bonds. The highest BCUT2D eigenvalue weighted by Gasteiger charge is 2.21. The van der Waals surface area contributed by atoms with Gasteiger partial charge in [0.2, 0.25) is 0 Å². The lowest BCUT2D eigenvalue weighted by Gasteiger charge is -2.11. The van der Waals surface area contributed by atoms with Crippen molar-refractivity contribution in [3.8, 4) is 16.9 Å². The van der Waals surface area contributed by atoms with Gasteiger partial charge < -0.3 is 16.2 Å². The van der Waals surface area contributed by atoms with Crippen LogP contribution in [0.5, 0.6) is 5.75 Å². The molecule has 0 aromatic heterocycles. The molecule has 21 heavy (non-hydrogen) atoms. The van der Waals surface area contributed by atoms with Crippen LogP contribution in [0.3, 0.4) is 0 Å². The Morgan fingerprint density at radius 3 is 2.10 bits per heavy atom. The summed E-state index contributed by atoms with van der Waals surface area (Å²) in [5.74, 6) is -2.32. The highest BCUT2D eigenvalue weighted by Crippen LogP contribution is 2.28. The summed E-state index contributed by atoms with van der Waals surface area (Å²) < 4.78 is 19.3. The molecule has 6 heteroatoms. The number of nitrogens with two attached hydrogens (primary N) is 2. The van der Waals surface area contributed by atoms with Gasteiger partial charge in [0.1, 0.15) is 11.6 Å². The van der Waals surface area contributed by atoms with E-state index in [2.05, 4.69) is 0 Å². The number of amides is 2. The zero-order valence-electron chi connectivity index (χ0n) is 11.2. The number of carbonyl (C=O) groups excluding carboxylic acids is 2. The van der Waals surface area contributed by atoms with Gasteiger partial charge in [-0.1, -0.05) is 18.2 Å². The fourth-order valence-electron chi connectivity index (χ4n) is 2.02. The van der Waals surface area contributed by atoms with E-state index in [0.29, 0.717) is 11.3 Å². The predicted molar refractivity (Wildman–Crippen MR) is 75.4 cm³/mol. The van der Waals surface area contributed by atoms with Crippen LogP contribution >= 0.6 is 0 Å². The first-order valence-electron chi connectivity index (χ1n) is 6.02. The highest BCUT2D eigenvalue weighted by molar-refractivity contribution is 6.03. The van der Waals surface area contributed by atoms with Crippen molar-refractivity contribution in [1.29, 1.82) is 0 Å². The van der Waals surface area contributed by atoms with Gasteiger partial charge in [-0.25, -0.2) is 4.39 Å². The average molecular weight is 288 g/mol. The van der Waals surface area contributed by atoms with Crippen molar-refractivity contribution in [3.63, 3.8) is 0 Å². The molecule has 0 fully saturated rings. The van der Waals surface area contributed by atoms with E-state index >= 15 is 0 Å². The van der Waals surface area contributed by atoms with Crippen molar-refractivity contribution in [1.82, 2.24) is 0 Å². The second kappa shape index (κ2) is 5.62. The molecule has 2 aromatic carbocycles. The zero-order chi connectivity index (χ0) is 15.6. The minimum absolute atomic E-state index is 0.285. The molecule has 0 saturated carbocycles. The number of carbonyl (C=O) groups is 2. The molecule has 0 spiro atoms. The minimum Gasteiger partial charge on any atom is -0.497 e. The van der Waals surface area contributed by atoms with Crippen LogP contribution in [0, 0.1) is 5.82 Å². The summed E-state index contributed by atoms with van der Waals surface area (Å²) in [4.78, 5) is 22.7. The lowest BCUT2D eigenvalue weighted by Crippen LogP contribution is -2.20. The van der Waals surface area contributed by atoms with Crippen LogP contribution in [0.15, 0.2) is 36.4 Å². The second-order valence-electron chi connectivity index (χ2n) is 4.31. The Morgan fingerprint density at radius 2 is 1.62 bits per heavy atom. The summed E-state index contributed by atoms with van der Waals surface area (Å²) in [6, 6.07) is 9.31. The van der Waals surface area contributed by atoms with Crippen LogP contribution in [0.4, 0.5) is 4.39 Å². The molecule has 0 bridgehead atoms. The van der Waals surface area contributed by atoms with Crippen LogP contribution in [0.2, 0.25) is 0 Å². The standard InChI is InChI=1S/C15H13FN2O3/c1-21-9-4-2-8(3-5-9)10-6-7-11(14(17)19)13(16)12(10)15(18)20/h2-7H,1H3,(H2,17,19)(H2,18,20). The number of primary amides is 2. The number of hydrogen-bond donors (Lipinski definition) is 2. The molecule has 5 nitrogen and oxygen atoms in total. The van der Waals surface area contributed by atoms with E-state index in [1.165, 1.54) is 19.2 Å². The van der Waals surface area contributed by atoms with Crippen LogP contribution in [0.25, 0.3) is 11.1 Å². The second-order valence-corrected chi connectivity index (χ2v) is 4.31. The van der Waals surface area contributed by atoms with Gasteiger partial charge in [-0.05, 0) is 29.3 Å². The Bertz CT molecular complexity index is 712. The molecule has 2 rings (SSSR count). The van der Waals surface area contributed by atoms with E-state index in [-0.39, 0.29) is 16.7 Å². The number of methoxy groups -OCH3 is 1. The van der Waals surface area contributed by atoms with Gasteiger partial charge >= 0.3 is 0 Å². The third-order valence-electron chi connectivity index (χ3n) is 3.05. The van der Waals surface area contributed by atoms with Crippen molar-refractivity contribution in [2.75, 3.05) is 7.11 Å². The van der Waals surface area contributed by atoms with Gasteiger partial charge in [-0.3, -0.25) is 9.59 Å². The number of hydrogen-bond acceptors (Lipinski definition) is 3. The Labute approximate surface area is 120 Å². The van der Waals surface area contributed by atoms with E-state index in [4.69, 9.17) is 16.2 Å². The molecule has 0 aliphatic rings. The molecule has 0 aliphatic heterocycles. The minimum atomic E-state index is -1.01. The molecular formula is C15H13FN2O3. The fourth-order valence-corrected chi connectivity index (χ4v) is 2.02. The monoisotopic (exact) mass is 288 g/mol. The molecule has 2 aromatic rings. The summed E-state index contributed by atoms with van der Waals surface area (Å²) in [6.45, 7) is 0. The Hall–Kier alpha value is -2.89. The van der Waals surface area contributed by atoms with Crippen molar-refractivity contribution in [2.45, 2.75) is 0 Å². The quantitative estimate of drug-likeness (QED) is 0.896. The molecule has 0 heterocycles. The molecule has 4 N–H and O–H groups in total. The first-order valence-corrected chi connectivity index (χ1v) is 6.02. The topological polar surface area (TPSA) is 95.4 Å². The molecule has 0 aliphatic carbocycles. The van der Waals surface area contributed by atoms with Gasteiger partial charge in [0.25, 0.3) is 11.8 Å². The van der Waals surface area contributed by atoms with Crippen molar-refractivity contribution >= 4 is 11.8 Å².